The molecule has 1 saturated carbocycles. The van der Waals surface area contributed by atoms with Crippen molar-refractivity contribution < 1.29 is 22.2 Å². The van der Waals surface area contributed by atoms with Crippen LogP contribution in [0.4, 0.5) is 5.69 Å². The molecular weight excluding hydrogens is 619 g/mol. The van der Waals surface area contributed by atoms with Gasteiger partial charge in [-0.05, 0) is 64.5 Å². The molecule has 9 nitrogen and oxygen atoms in total. The molecule has 0 spiro atoms. The predicted molar refractivity (Wildman–Crippen MR) is 153 cm³/mol. The van der Waals surface area contributed by atoms with Crippen molar-refractivity contribution in [2.45, 2.75) is 78.0 Å². The number of rotatable bonds is 8. The van der Waals surface area contributed by atoms with Crippen LogP contribution in [0.2, 0.25) is 0 Å². The molecule has 2 aromatic rings. The normalized spacial score (nSPS) is 19.6. The Bertz CT molecular complexity index is 1220. The minimum atomic E-state index is -1.59. The molecular formula is C27H33IN4O5S. The number of nitrogens with two attached hydrogens (primary N) is 1. The number of likely N-dealkylation sites (tertiary alicyclic amines) is 1. The second-order valence-corrected chi connectivity index (χ2v) is 13.1. The third-order valence-electron chi connectivity index (χ3n) is 6.46. The summed E-state index contributed by atoms with van der Waals surface area (Å²) in [7, 11) is 0. The van der Waals surface area contributed by atoms with E-state index in [-0.39, 0.29) is 23.5 Å². The van der Waals surface area contributed by atoms with E-state index in [1.807, 2.05) is 47.0 Å². The van der Waals surface area contributed by atoms with E-state index in [0.29, 0.717) is 34.3 Å². The fourth-order valence-corrected chi connectivity index (χ4v) is 7.09. The van der Waals surface area contributed by atoms with Gasteiger partial charge in [-0.15, -0.1) is 11.3 Å². The minimum Gasteiger partial charge on any atom is -0.474 e. The van der Waals surface area contributed by atoms with Crippen LogP contribution in [0.25, 0.3) is 0 Å². The van der Waals surface area contributed by atoms with Crippen molar-refractivity contribution in [3.63, 3.8) is 0 Å². The van der Waals surface area contributed by atoms with Crippen LogP contribution in [0.15, 0.2) is 24.4 Å². The lowest BCUT2D eigenvalue weighted by atomic mass is 9.92. The summed E-state index contributed by atoms with van der Waals surface area (Å²) in [5.41, 5.74) is 1.37. The summed E-state index contributed by atoms with van der Waals surface area (Å²) >= 11 is -0.386. The summed E-state index contributed by atoms with van der Waals surface area (Å²) in [5.74, 6) is 11.6. The van der Waals surface area contributed by atoms with E-state index < -0.39 is 27.4 Å². The van der Waals surface area contributed by atoms with Gasteiger partial charge in [-0.25, -0.2) is 12.8 Å². The highest BCUT2D eigenvalue weighted by Gasteiger charge is 2.32. The molecule has 0 unspecified atom stereocenters. The van der Waals surface area contributed by atoms with E-state index >= 15 is 0 Å². The van der Waals surface area contributed by atoms with Gasteiger partial charge in [0.05, 0.1) is 10.6 Å². The maximum Gasteiger partial charge on any atom is 0.368 e. The number of ether oxygens (including phenoxy) is 1. The summed E-state index contributed by atoms with van der Waals surface area (Å²) in [6, 6.07) is 5.64. The number of carbonyl (C=O) groups is 2. The lowest BCUT2D eigenvalue weighted by molar-refractivity contribution is -0.128. The SMILES string of the molecule is CC(C)(C)C#Cc1cc(N(I=O)C2CCC(Oc3ccc(CN4CCCC4=O)cn3)CC2)c(C(=O)ON)s1. The van der Waals surface area contributed by atoms with E-state index in [1.165, 1.54) is 11.3 Å². The number of carbonyl (C=O) groups excluding carboxylic acids is 2. The first kappa shape index (κ1) is 28.4. The number of hydrogen-bond acceptors (Lipinski definition) is 8. The summed E-state index contributed by atoms with van der Waals surface area (Å²) in [4.78, 5) is 36.1. The maximum atomic E-state index is 12.4. The molecule has 1 aliphatic carbocycles. The van der Waals surface area contributed by atoms with Gasteiger partial charge in [-0.1, -0.05) is 17.9 Å². The number of anilines is 1. The number of thiophene rings is 1. The van der Waals surface area contributed by atoms with Gasteiger partial charge in [0.2, 0.25) is 11.8 Å². The Balaban J connectivity index is 1.38. The zero-order valence-corrected chi connectivity index (χ0v) is 24.8. The molecule has 0 bridgehead atoms. The minimum absolute atomic E-state index is 0.000581. The fraction of sp³-hybridized carbons (Fsp3) is 0.519. The van der Waals surface area contributed by atoms with Crippen LogP contribution in [0.1, 0.15) is 79.4 Å². The summed E-state index contributed by atoms with van der Waals surface area (Å²) in [5, 5.41) is 0. The number of aromatic nitrogens is 1. The van der Waals surface area contributed by atoms with Crippen molar-refractivity contribution in [2.24, 2.45) is 11.3 Å². The predicted octanol–water partition coefficient (Wildman–Crippen LogP) is 5.12. The van der Waals surface area contributed by atoms with Gasteiger partial charge in [0.15, 0.2) is 0 Å². The van der Waals surface area contributed by atoms with Crippen LogP contribution < -0.4 is 13.7 Å². The quantitative estimate of drug-likeness (QED) is 0.181. The molecule has 1 amide bonds. The Kier molecular flexibility index (Phi) is 9.38. The average molecular weight is 653 g/mol. The molecule has 2 N–H and O–H groups in total. The molecule has 2 aliphatic rings. The van der Waals surface area contributed by atoms with E-state index in [2.05, 4.69) is 21.7 Å². The van der Waals surface area contributed by atoms with E-state index in [0.717, 1.165) is 44.2 Å². The van der Waals surface area contributed by atoms with Crippen LogP contribution in [0, 0.1) is 17.3 Å². The van der Waals surface area contributed by atoms with E-state index in [1.54, 1.807) is 6.20 Å². The molecule has 11 heteroatoms. The molecule has 2 fully saturated rings. The third-order valence-corrected chi connectivity index (χ3v) is 9.22. The van der Waals surface area contributed by atoms with Gasteiger partial charge >= 0.3 is 5.97 Å². The lowest BCUT2D eigenvalue weighted by Crippen LogP contribution is -2.35. The number of halogens is 1. The Labute approximate surface area is 238 Å². The molecule has 1 aliphatic heterocycles. The summed E-state index contributed by atoms with van der Waals surface area (Å²) < 4.78 is 20.4. The van der Waals surface area contributed by atoms with E-state index in [9.17, 15) is 12.7 Å². The van der Waals surface area contributed by atoms with Crippen molar-refractivity contribution in [1.82, 2.24) is 9.88 Å². The Morgan fingerprint density at radius 1 is 1.29 bits per heavy atom. The number of nitrogens with zero attached hydrogens (tertiary/aromatic N) is 3. The fourth-order valence-electron chi connectivity index (χ4n) is 4.57. The molecule has 2 aromatic heterocycles. The average Bonchev–Trinajstić information content (AvgIpc) is 3.50. The monoisotopic (exact) mass is 652 g/mol. The standard InChI is InChI=1S/C27H33IN4O5S/c1-27(2,3)13-12-21-15-22(25(38-21)26(34)37-29)32(28-35)19-7-9-20(10-8-19)36-23-11-6-18(16-30-23)17-31-14-4-5-24(31)33/h6,11,15-16,19-20H,4-5,7-10,14,17,29H2,1-3H3. The highest BCUT2D eigenvalue weighted by molar-refractivity contribution is 14.1. The van der Waals surface area contributed by atoms with Crippen LogP contribution >= 0.6 is 32.8 Å². The second kappa shape index (κ2) is 12.5. The van der Waals surface area contributed by atoms with Crippen molar-refractivity contribution in [3.05, 3.63) is 39.7 Å². The van der Waals surface area contributed by atoms with Crippen molar-refractivity contribution >= 4 is 50.4 Å². The maximum absolute atomic E-state index is 12.4. The van der Waals surface area contributed by atoms with E-state index in [4.69, 9.17) is 10.6 Å². The van der Waals surface area contributed by atoms with Crippen LogP contribution in [-0.2, 0) is 19.2 Å². The molecule has 1 saturated heterocycles. The Morgan fingerprint density at radius 3 is 2.63 bits per heavy atom. The molecule has 0 aromatic carbocycles. The van der Waals surface area contributed by atoms with Gasteiger partial charge in [-0.2, -0.15) is 5.90 Å². The van der Waals surface area contributed by atoms with Gasteiger partial charge < -0.3 is 14.5 Å². The van der Waals surface area contributed by atoms with Crippen LogP contribution in [0.5, 0.6) is 5.88 Å². The Hall–Kier alpha value is -2.56. The van der Waals surface area contributed by atoms with Crippen LogP contribution in [0.3, 0.4) is 0 Å². The first-order valence-electron chi connectivity index (χ1n) is 12.7. The molecule has 204 valence electrons. The largest absolute Gasteiger partial charge is 0.474 e. The van der Waals surface area contributed by atoms with Gasteiger partial charge in [0.25, 0.3) is 21.5 Å². The number of pyridine rings is 1. The van der Waals surface area contributed by atoms with Gasteiger partial charge in [0.1, 0.15) is 11.0 Å². The van der Waals surface area contributed by atoms with Gasteiger partial charge in [-0.3, -0.25) is 7.91 Å². The molecule has 0 radical (unpaired) electrons. The highest BCUT2D eigenvalue weighted by Crippen LogP contribution is 2.39. The van der Waals surface area contributed by atoms with Crippen molar-refractivity contribution in [2.75, 3.05) is 9.66 Å². The summed E-state index contributed by atoms with van der Waals surface area (Å²) in [6.07, 6.45) is 6.38. The molecule has 38 heavy (non-hydrogen) atoms. The summed E-state index contributed by atoms with van der Waals surface area (Å²) in [6.45, 7) is 7.42. The highest BCUT2D eigenvalue weighted by atomic mass is 127. The third kappa shape index (κ3) is 7.30. The van der Waals surface area contributed by atoms with Gasteiger partial charge in [0, 0.05) is 43.2 Å². The first-order chi connectivity index (χ1) is 18.2. The van der Waals surface area contributed by atoms with Crippen molar-refractivity contribution in [1.29, 1.82) is 0 Å². The number of hydrogen-bond donors (Lipinski definition) is 1. The molecule has 4 rings (SSSR count). The lowest BCUT2D eigenvalue weighted by Gasteiger charge is -2.33. The first-order valence-corrected chi connectivity index (χ1v) is 15.4. The smallest absolute Gasteiger partial charge is 0.368 e. The van der Waals surface area contributed by atoms with Crippen LogP contribution in [-0.4, -0.2) is 40.5 Å². The Morgan fingerprint density at radius 2 is 2.05 bits per heavy atom. The second-order valence-electron chi connectivity index (χ2n) is 10.6. The molecule has 3 heterocycles. The van der Waals surface area contributed by atoms with Crippen molar-refractivity contribution in [3.8, 4) is 17.7 Å². The number of amides is 1. The molecule has 0 atom stereocenters. The topological polar surface area (TPSA) is 115 Å². The zero-order valence-electron chi connectivity index (χ0n) is 21.9. The zero-order chi connectivity index (χ0) is 27.3.